The standard InChI is InChI=1S/C16H12FN3O2/c17-13-5-3-11(4-6-13)9-19-16(21)14-8-15(22-20-14)12-2-1-7-18-10-12/h1-8,10H,9H2,(H,19,21). The highest BCUT2D eigenvalue weighted by Gasteiger charge is 2.13. The van der Waals surface area contributed by atoms with Crippen LogP contribution in [0.15, 0.2) is 59.4 Å². The van der Waals surface area contributed by atoms with Crippen LogP contribution in [-0.2, 0) is 6.54 Å². The van der Waals surface area contributed by atoms with Gasteiger partial charge in [0.25, 0.3) is 5.91 Å². The zero-order valence-electron chi connectivity index (χ0n) is 11.5. The largest absolute Gasteiger partial charge is 0.355 e. The second-order valence-corrected chi connectivity index (χ2v) is 4.63. The number of carbonyl (C=O) groups excluding carboxylic acids is 1. The fourth-order valence-electron chi connectivity index (χ4n) is 1.90. The van der Waals surface area contributed by atoms with E-state index in [1.807, 2.05) is 6.07 Å². The van der Waals surface area contributed by atoms with Gasteiger partial charge in [-0.05, 0) is 29.8 Å². The average molecular weight is 297 g/mol. The van der Waals surface area contributed by atoms with E-state index >= 15 is 0 Å². The molecule has 0 unspecified atom stereocenters. The lowest BCUT2D eigenvalue weighted by Gasteiger charge is -2.02. The minimum Gasteiger partial charge on any atom is -0.355 e. The molecule has 2 aromatic heterocycles. The summed E-state index contributed by atoms with van der Waals surface area (Å²) in [7, 11) is 0. The summed E-state index contributed by atoms with van der Waals surface area (Å²) < 4.78 is 17.9. The third-order valence-corrected chi connectivity index (χ3v) is 3.06. The second kappa shape index (κ2) is 6.17. The van der Waals surface area contributed by atoms with E-state index in [-0.39, 0.29) is 24.0 Å². The third kappa shape index (κ3) is 3.17. The van der Waals surface area contributed by atoms with Gasteiger partial charge in [0.05, 0.1) is 0 Å². The van der Waals surface area contributed by atoms with E-state index < -0.39 is 0 Å². The molecule has 0 saturated heterocycles. The van der Waals surface area contributed by atoms with E-state index in [9.17, 15) is 9.18 Å². The molecule has 0 fully saturated rings. The molecule has 5 nitrogen and oxygen atoms in total. The van der Waals surface area contributed by atoms with Crippen LogP contribution in [0.2, 0.25) is 0 Å². The Morgan fingerprint density at radius 1 is 1.23 bits per heavy atom. The molecule has 1 aromatic carbocycles. The molecule has 0 aliphatic carbocycles. The van der Waals surface area contributed by atoms with Gasteiger partial charge in [-0.25, -0.2) is 4.39 Å². The maximum absolute atomic E-state index is 12.8. The van der Waals surface area contributed by atoms with Crippen molar-refractivity contribution in [3.63, 3.8) is 0 Å². The van der Waals surface area contributed by atoms with E-state index in [1.54, 1.807) is 36.7 Å². The molecule has 22 heavy (non-hydrogen) atoms. The Morgan fingerprint density at radius 3 is 2.77 bits per heavy atom. The quantitative estimate of drug-likeness (QED) is 0.804. The summed E-state index contributed by atoms with van der Waals surface area (Å²) in [6.45, 7) is 0.286. The molecule has 1 amide bonds. The summed E-state index contributed by atoms with van der Waals surface area (Å²) in [5, 5.41) is 6.44. The van der Waals surface area contributed by atoms with Crippen LogP contribution in [-0.4, -0.2) is 16.0 Å². The Labute approximate surface area is 125 Å². The number of hydrogen-bond acceptors (Lipinski definition) is 4. The van der Waals surface area contributed by atoms with Crippen LogP contribution in [0.5, 0.6) is 0 Å². The minimum absolute atomic E-state index is 0.181. The number of aromatic nitrogens is 2. The van der Waals surface area contributed by atoms with Crippen LogP contribution in [0, 0.1) is 5.82 Å². The number of pyridine rings is 1. The van der Waals surface area contributed by atoms with E-state index in [1.165, 1.54) is 12.1 Å². The van der Waals surface area contributed by atoms with Gasteiger partial charge >= 0.3 is 0 Å². The van der Waals surface area contributed by atoms with Gasteiger partial charge in [0, 0.05) is 30.6 Å². The molecule has 3 rings (SSSR count). The van der Waals surface area contributed by atoms with Gasteiger partial charge in [-0.3, -0.25) is 9.78 Å². The SMILES string of the molecule is O=C(NCc1ccc(F)cc1)c1cc(-c2cccnc2)on1. The molecule has 2 heterocycles. The van der Waals surface area contributed by atoms with Gasteiger partial charge in [0.1, 0.15) is 5.82 Å². The predicted molar refractivity (Wildman–Crippen MR) is 77.3 cm³/mol. The average Bonchev–Trinajstić information content (AvgIpc) is 3.05. The lowest BCUT2D eigenvalue weighted by molar-refractivity contribution is 0.0942. The van der Waals surface area contributed by atoms with Crippen LogP contribution in [0.25, 0.3) is 11.3 Å². The van der Waals surface area contributed by atoms with Gasteiger partial charge in [0.2, 0.25) is 0 Å². The summed E-state index contributed by atoms with van der Waals surface area (Å²) >= 11 is 0. The van der Waals surface area contributed by atoms with Gasteiger partial charge in [-0.1, -0.05) is 17.3 Å². The summed E-state index contributed by atoms with van der Waals surface area (Å²) in [6, 6.07) is 11.0. The fourth-order valence-corrected chi connectivity index (χ4v) is 1.90. The molecule has 1 N–H and O–H groups in total. The number of halogens is 1. The molecule has 0 spiro atoms. The normalized spacial score (nSPS) is 10.4. The van der Waals surface area contributed by atoms with Crippen molar-refractivity contribution in [2.45, 2.75) is 6.54 Å². The topological polar surface area (TPSA) is 68.0 Å². The van der Waals surface area contributed by atoms with Crippen LogP contribution in [0.1, 0.15) is 16.1 Å². The number of nitrogens with zero attached hydrogens (tertiary/aromatic N) is 2. The van der Waals surface area contributed by atoms with Crippen molar-refractivity contribution < 1.29 is 13.7 Å². The highest BCUT2D eigenvalue weighted by atomic mass is 19.1. The van der Waals surface area contributed by atoms with E-state index in [0.29, 0.717) is 5.76 Å². The minimum atomic E-state index is -0.358. The maximum atomic E-state index is 12.8. The van der Waals surface area contributed by atoms with E-state index in [2.05, 4.69) is 15.5 Å². The van der Waals surface area contributed by atoms with Crippen LogP contribution < -0.4 is 5.32 Å². The van der Waals surface area contributed by atoms with Crippen LogP contribution in [0.4, 0.5) is 4.39 Å². The molecule has 110 valence electrons. The summed E-state index contributed by atoms with van der Waals surface area (Å²) in [6.07, 6.45) is 3.27. The van der Waals surface area contributed by atoms with Crippen molar-refractivity contribution in [3.05, 3.63) is 71.9 Å². The Morgan fingerprint density at radius 2 is 2.05 bits per heavy atom. The molecule has 3 aromatic rings. The van der Waals surface area contributed by atoms with Gasteiger partial charge < -0.3 is 9.84 Å². The molecule has 6 heteroatoms. The monoisotopic (exact) mass is 297 g/mol. The Balaban J connectivity index is 1.66. The lowest BCUT2D eigenvalue weighted by atomic mass is 10.2. The molecule has 0 radical (unpaired) electrons. The number of nitrogens with one attached hydrogen (secondary N) is 1. The molecular formula is C16H12FN3O2. The first kappa shape index (κ1) is 13.9. The second-order valence-electron chi connectivity index (χ2n) is 4.63. The zero-order chi connectivity index (χ0) is 15.4. The number of benzene rings is 1. The summed E-state index contributed by atoms with van der Waals surface area (Å²) in [5.74, 6) is -0.198. The zero-order valence-corrected chi connectivity index (χ0v) is 11.5. The molecular weight excluding hydrogens is 285 g/mol. The highest BCUT2D eigenvalue weighted by Crippen LogP contribution is 2.18. The van der Waals surface area contributed by atoms with Crippen molar-refractivity contribution in [1.29, 1.82) is 0 Å². The molecule has 0 aliphatic heterocycles. The summed E-state index contributed by atoms with van der Waals surface area (Å²) in [5.41, 5.74) is 1.72. The molecule has 0 aliphatic rings. The highest BCUT2D eigenvalue weighted by molar-refractivity contribution is 5.93. The van der Waals surface area contributed by atoms with Crippen molar-refractivity contribution in [3.8, 4) is 11.3 Å². The maximum Gasteiger partial charge on any atom is 0.273 e. The Hall–Kier alpha value is -3.02. The Bertz CT molecular complexity index is 770. The van der Waals surface area contributed by atoms with E-state index in [0.717, 1.165) is 11.1 Å². The first-order chi connectivity index (χ1) is 10.7. The van der Waals surface area contributed by atoms with Crippen molar-refractivity contribution in [2.24, 2.45) is 0 Å². The van der Waals surface area contributed by atoms with Crippen LogP contribution >= 0.6 is 0 Å². The van der Waals surface area contributed by atoms with Crippen molar-refractivity contribution in [1.82, 2.24) is 15.5 Å². The smallest absolute Gasteiger partial charge is 0.273 e. The van der Waals surface area contributed by atoms with Gasteiger partial charge in [-0.2, -0.15) is 0 Å². The third-order valence-electron chi connectivity index (χ3n) is 3.06. The van der Waals surface area contributed by atoms with Crippen molar-refractivity contribution >= 4 is 5.91 Å². The molecule has 0 atom stereocenters. The number of rotatable bonds is 4. The first-order valence-corrected chi connectivity index (χ1v) is 6.62. The fraction of sp³-hybridized carbons (Fsp3) is 0.0625. The Kier molecular flexibility index (Phi) is 3.91. The predicted octanol–water partition coefficient (Wildman–Crippen LogP) is 2.81. The molecule has 0 saturated carbocycles. The first-order valence-electron chi connectivity index (χ1n) is 6.62. The summed E-state index contributed by atoms with van der Waals surface area (Å²) in [4.78, 5) is 16.0. The number of amides is 1. The van der Waals surface area contributed by atoms with Crippen LogP contribution in [0.3, 0.4) is 0 Å². The van der Waals surface area contributed by atoms with Crippen molar-refractivity contribution in [2.75, 3.05) is 0 Å². The van der Waals surface area contributed by atoms with Gasteiger partial charge in [0.15, 0.2) is 11.5 Å². The number of carbonyl (C=O) groups is 1. The van der Waals surface area contributed by atoms with Gasteiger partial charge in [-0.15, -0.1) is 0 Å². The van der Waals surface area contributed by atoms with E-state index in [4.69, 9.17) is 4.52 Å². The molecule has 0 bridgehead atoms. The lowest BCUT2D eigenvalue weighted by Crippen LogP contribution is -2.23. The number of hydrogen-bond donors (Lipinski definition) is 1.